The molecule has 0 heterocycles. The lowest BCUT2D eigenvalue weighted by molar-refractivity contribution is -0.127. The van der Waals surface area contributed by atoms with Crippen LogP contribution in [-0.2, 0) is 4.79 Å². The van der Waals surface area contributed by atoms with Crippen molar-refractivity contribution in [1.29, 1.82) is 0 Å². The van der Waals surface area contributed by atoms with Gasteiger partial charge in [-0.15, -0.1) is 0 Å². The second-order valence-corrected chi connectivity index (χ2v) is 7.14. The molecule has 6 nitrogen and oxygen atoms in total. The van der Waals surface area contributed by atoms with Gasteiger partial charge in [-0.2, -0.15) is 0 Å². The molecule has 0 radical (unpaired) electrons. The number of hydrogen-bond donors (Lipinski definition) is 4. The third kappa shape index (κ3) is 4.22. The third-order valence-corrected chi connectivity index (χ3v) is 5.30. The third-order valence-electron chi connectivity index (χ3n) is 5.30. The number of carbonyl (C=O) groups excluding carboxylic acids is 2. The molecule has 2 aromatic carbocycles. The fourth-order valence-electron chi connectivity index (χ4n) is 3.81. The molecule has 0 spiro atoms. The lowest BCUT2D eigenvalue weighted by Crippen LogP contribution is -2.60. The Hall–Kier alpha value is -2.60. The maximum Gasteiger partial charge on any atom is 0.315 e. The fourth-order valence-corrected chi connectivity index (χ4v) is 3.81. The normalized spacial score (nSPS) is 16.7. The van der Waals surface area contributed by atoms with E-state index in [1.807, 2.05) is 37.3 Å². The minimum absolute atomic E-state index is 0.158. The Balaban J connectivity index is 1.78. The molecule has 144 valence electrons. The number of carbonyl (C=O) groups is 2. The Morgan fingerprint density at radius 1 is 1.11 bits per heavy atom. The van der Waals surface area contributed by atoms with Gasteiger partial charge >= 0.3 is 6.03 Å². The van der Waals surface area contributed by atoms with Gasteiger partial charge in [-0.3, -0.25) is 4.79 Å². The summed E-state index contributed by atoms with van der Waals surface area (Å²) in [5.74, 6) is -0.158. The zero-order valence-electron chi connectivity index (χ0n) is 15.8. The van der Waals surface area contributed by atoms with E-state index < -0.39 is 5.54 Å². The molecule has 5 N–H and O–H groups in total. The van der Waals surface area contributed by atoms with E-state index >= 15 is 0 Å². The Bertz CT molecular complexity index is 815. The highest BCUT2D eigenvalue weighted by molar-refractivity contribution is 5.92. The van der Waals surface area contributed by atoms with E-state index in [0.717, 1.165) is 29.2 Å². The van der Waals surface area contributed by atoms with E-state index in [2.05, 4.69) is 28.1 Å². The lowest BCUT2D eigenvalue weighted by atomic mass is 9.94. The summed E-state index contributed by atoms with van der Waals surface area (Å²) >= 11 is 0. The van der Waals surface area contributed by atoms with Gasteiger partial charge in [0.2, 0.25) is 5.91 Å². The van der Waals surface area contributed by atoms with Crippen molar-refractivity contribution in [3.8, 4) is 0 Å². The molecule has 3 amide bonds. The predicted molar refractivity (Wildman–Crippen MR) is 107 cm³/mol. The summed E-state index contributed by atoms with van der Waals surface area (Å²) in [6.45, 7) is 2.67. The standard InChI is InChI=1S/C21H28N4O2/c1-2-23-20(27)25-21(11-5-6-12-21)19(26)24-18(14-22)17-10-9-15-7-3-4-8-16(15)13-17/h3-4,7-10,13,18H,2,5-6,11-12,14,22H2,1H3,(H,24,26)(H2,23,25,27). The number of rotatable bonds is 6. The van der Waals surface area contributed by atoms with E-state index in [4.69, 9.17) is 5.73 Å². The van der Waals surface area contributed by atoms with Gasteiger partial charge in [0.15, 0.2) is 0 Å². The molecule has 1 unspecified atom stereocenters. The summed E-state index contributed by atoms with van der Waals surface area (Å²) < 4.78 is 0. The van der Waals surface area contributed by atoms with Crippen LogP contribution < -0.4 is 21.7 Å². The molecular formula is C21H28N4O2. The summed E-state index contributed by atoms with van der Waals surface area (Å²) in [4.78, 5) is 25.2. The van der Waals surface area contributed by atoms with Crippen LogP contribution >= 0.6 is 0 Å². The predicted octanol–water partition coefficient (Wildman–Crippen LogP) is 2.59. The van der Waals surface area contributed by atoms with Crippen molar-refractivity contribution in [3.05, 3.63) is 48.0 Å². The Labute approximate surface area is 159 Å². The number of nitrogens with one attached hydrogen (secondary N) is 3. The quantitative estimate of drug-likeness (QED) is 0.631. The van der Waals surface area contributed by atoms with Crippen molar-refractivity contribution in [1.82, 2.24) is 16.0 Å². The van der Waals surface area contributed by atoms with Crippen LogP contribution in [0.5, 0.6) is 0 Å². The molecular weight excluding hydrogens is 340 g/mol. The second-order valence-electron chi connectivity index (χ2n) is 7.14. The Kier molecular flexibility index (Phi) is 5.96. The minimum Gasteiger partial charge on any atom is -0.346 e. The summed E-state index contributed by atoms with van der Waals surface area (Å²) in [5, 5.41) is 10.9. The molecule has 1 atom stereocenters. The van der Waals surface area contributed by atoms with Crippen LogP contribution in [-0.4, -0.2) is 30.6 Å². The number of benzene rings is 2. The van der Waals surface area contributed by atoms with Crippen molar-refractivity contribution in [2.24, 2.45) is 5.73 Å². The molecule has 0 aromatic heterocycles. The molecule has 1 fully saturated rings. The van der Waals surface area contributed by atoms with Gasteiger partial charge in [-0.05, 0) is 42.2 Å². The van der Waals surface area contributed by atoms with Crippen molar-refractivity contribution in [2.45, 2.75) is 44.2 Å². The van der Waals surface area contributed by atoms with Gasteiger partial charge in [-0.25, -0.2) is 4.79 Å². The summed E-state index contributed by atoms with van der Waals surface area (Å²) in [6.07, 6.45) is 3.13. The number of nitrogens with two attached hydrogens (primary N) is 1. The fraction of sp³-hybridized carbons (Fsp3) is 0.429. The van der Waals surface area contributed by atoms with E-state index in [9.17, 15) is 9.59 Å². The molecule has 2 aromatic rings. The van der Waals surface area contributed by atoms with Crippen LogP contribution in [0.3, 0.4) is 0 Å². The van der Waals surface area contributed by atoms with Crippen molar-refractivity contribution < 1.29 is 9.59 Å². The first kappa shape index (κ1) is 19.2. The highest BCUT2D eigenvalue weighted by Crippen LogP contribution is 2.31. The Morgan fingerprint density at radius 3 is 2.48 bits per heavy atom. The van der Waals surface area contributed by atoms with E-state index in [1.165, 1.54) is 0 Å². The maximum absolute atomic E-state index is 13.1. The first-order valence-electron chi connectivity index (χ1n) is 9.64. The van der Waals surface area contributed by atoms with Gasteiger partial charge in [0.25, 0.3) is 0 Å². The van der Waals surface area contributed by atoms with Crippen LogP contribution in [0.15, 0.2) is 42.5 Å². The largest absolute Gasteiger partial charge is 0.346 e. The van der Waals surface area contributed by atoms with Crippen LogP contribution in [0.2, 0.25) is 0 Å². The molecule has 0 bridgehead atoms. The van der Waals surface area contributed by atoms with Crippen LogP contribution in [0.25, 0.3) is 10.8 Å². The topological polar surface area (TPSA) is 96.2 Å². The number of amides is 3. The summed E-state index contributed by atoms with van der Waals surface area (Å²) in [6, 6.07) is 13.6. The van der Waals surface area contributed by atoms with Gasteiger partial charge in [-0.1, -0.05) is 49.2 Å². The maximum atomic E-state index is 13.1. The van der Waals surface area contributed by atoms with Gasteiger partial charge in [0.1, 0.15) is 5.54 Å². The van der Waals surface area contributed by atoms with Gasteiger partial charge in [0, 0.05) is 13.1 Å². The molecule has 1 aliphatic rings. The highest BCUT2D eigenvalue weighted by Gasteiger charge is 2.43. The van der Waals surface area contributed by atoms with Crippen LogP contribution in [0, 0.1) is 0 Å². The summed E-state index contributed by atoms with van der Waals surface area (Å²) in [5.41, 5.74) is 6.08. The lowest BCUT2D eigenvalue weighted by Gasteiger charge is -2.31. The molecule has 3 rings (SSSR count). The monoisotopic (exact) mass is 368 g/mol. The SMILES string of the molecule is CCNC(=O)NC1(C(=O)NC(CN)c2ccc3ccccc3c2)CCCC1. The first-order chi connectivity index (χ1) is 13.1. The Morgan fingerprint density at radius 2 is 1.81 bits per heavy atom. The molecule has 6 heteroatoms. The zero-order chi connectivity index (χ0) is 19.3. The van der Waals surface area contributed by atoms with E-state index in [0.29, 0.717) is 25.9 Å². The molecule has 0 saturated heterocycles. The second kappa shape index (κ2) is 8.39. The van der Waals surface area contributed by atoms with Crippen molar-refractivity contribution in [3.63, 3.8) is 0 Å². The zero-order valence-corrected chi connectivity index (χ0v) is 15.8. The van der Waals surface area contributed by atoms with Crippen LogP contribution in [0.1, 0.15) is 44.2 Å². The average molecular weight is 368 g/mol. The van der Waals surface area contributed by atoms with Gasteiger partial charge < -0.3 is 21.7 Å². The summed E-state index contributed by atoms with van der Waals surface area (Å²) in [7, 11) is 0. The van der Waals surface area contributed by atoms with Gasteiger partial charge in [0.05, 0.1) is 6.04 Å². The van der Waals surface area contributed by atoms with E-state index in [1.54, 1.807) is 0 Å². The number of fused-ring (bicyclic) bond motifs is 1. The molecule has 1 aliphatic carbocycles. The van der Waals surface area contributed by atoms with Crippen LogP contribution in [0.4, 0.5) is 4.79 Å². The minimum atomic E-state index is -0.858. The first-order valence-corrected chi connectivity index (χ1v) is 9.64. The number of urea groups is 1. The average Bonchev–Trinajstić information content (AvgIpc) is 3.15. The van der Waals surface area contributed by atoms with Crippen molar-refractivity contribution >= 4 is 22.7 Å². The molecule has 0 aliphatic heterocycles. The number of hydrogen-bond acceptors (Lipinski definition) is 3. The molecule has 27 heavy (non-hydrogen) atoms. The van der Waals surface area contributed by atoms with E-state index in [-0.39, 0.29) is 18.0 Å². The smallest absolute Gasteiger partial charge is 0.315 e. The highest BCUT2D eigenvalue weighted by atomic mass is 16.2. The molecule has 1 saturated carbocycles. The van der Waals surface area contributed by atoms with Crippen molar-refractivity contribution in [2.75, 3.05) is 13.1 Å².